The van der Waals surface area contributed by atoms with Crippen molar-refractivity contribution >= 4 is 34.5 Å². The summed E-state index contributed by atoms with van der Waals surface area (Å²) in [6.07, 6.45) is 0.381. The van der Waals surface area contributed by atoms with Crippen molar-refractivity contribution < 1.29 is 4.39 Å². The maximum absolute atomic E-state index is 13.8. The second-order valence-corrected chi connectivity index (χ2v) is 5.82. The van der Waals surface area contributed by atoms with Gasteiger partial charge < -0.3 is 5.73 Å². The lowest BCUT2D eigenvalue weighted by Crippen LogP contribution is -2.13. The van der Waals surface area contributed by atoms with Gasteiger partial charge in [0, 0.05) is 10.9 Å². The standard InChI is InChI=1S/C13H12Cl2FNS/c1-7-6-18-13(11(7)15)10(17)5-8-3-2-4-9(14)12(8)16/h2-4,6,10H,5,17H2,1H3. The van der Waals surface area contributed by atoms with E-state index in [0.29, 0.717) is 17.0 Å². The summed E-state index contributed by atoms with van der Waals surface area (Å²) in [5.41, 5.74) is 7.59. The Morgan fingerprint density at radius 2 is 2.11 bits per heavy atom. The summed E-state index contributed by atoms with van der Waals surface area (Å²) in [5.74, 6) is -0.404. The lowest BCUT2D eigenvalue weighted by Gasteiger charge is -2.12. The summed E-state index contributed by atoms with van der Waals surface area (Å²) in [4.78, 5) is 0.883. The first-order valence-electron chi connectivity index (χ1n) is 5.42. The Bertz CT molecular complexity index is 568. The van der Waals surface area contributed by atoms with Gasteiger partial charge in [0.25, 0.3) is 0 Å². The third-order valence-electron chi connectivity index (χ3n) is 2.73. The molecule has 0 saturated heterocycles. The third-order valence-corrected chi connectivity index (χ3v) is 4.87. The molecule has 1 nitrogen and oxygen atoms in total. The van der Waals surface area contributed by atoms with Crippen LogP contribution in [-0.4, -0.2) is 0 Å². The molecule has 2 N–H and O–H groups in total. The first kappa shape index (κ1) is 13.8. The van der Waals surface area contributed by atoms with Crippen LogP contribution in [0.5, 0.6) is 0 Å². The van der Waals surface area contributed by atoms with Crippen LogP contribution in [0.1, 0.15) is 22.0 Å². The average Bonchev–Trinajstić information content (AvgIpc) is 2.66. The molecule has 0 amide bonds. The Morgan fingerprint density at radius 3 is 2.72 bits per heavy atom. The van der Waals surface area contributed by atoms with E-state index in [9.17, 15) is 4.39 Å². The van der Waals surface area contributed by atoms with E-state index in [1.165, 1.54) is 17.4 Å². The molecule has 0 aliphatic carbocycles. The molecule has 18 heavy (non-hydrogen) atoms. The first-order chi connectivity index (χ1) is 8.50. The molecule has 2 rings (SSSR count). The summed E-state index contributed by atoms with van der Waals surface area (Å²) in [5, 5.41) is 2.74. The van der Waals surface area contributed by atoms with E-state index in [2.05, 4.69) is 0 Å². The van der Waals surface area contributed by atoms with Gasteiger partial charge in [-0.1, -0.05) is 35.3 Å². The van der Waals surface area contributed by atoms with Crippen molar-refractivity contribution in [1.82, 2.24) is 0 Å². The summed E-state index contributed by atoms with van der Waals surface area (Å²) in [6.45, 7) is 1.93. The van der Waals surface area contributed by atoms with Crippen molar-refractivity contribution in [3.63, 3.8) is 0 Å². The lowest BCUT2D eigenvalue weighted by molar-refractivity contribution is 0.595. The fourth-order valence-corrected chi connectivity index (χ4v) is 3.27. The molecule has 0 aliphatic heterocycles. The van der Waals surface area contributed by atoms with E-state index >= 15 is 0 Å². The third kappa shape index (κ3) is 2.69. The molecule has 1 aromatic carbocycles. The Hall–Kier alpha value is -0.610. The average molecular weight is 304 g/mol. The van der Waals surface area contributed by atoms with Crippen LogP contribution in [0.25, 0.3) is 0 Å². The van der Waals surface area contributed by atoms with Crippen molar-refractivity contribution in [2.75, 3.05) is 0 Å². The molecule has 96 valence electrons. The molecule has 1 atom stereocenters. The maximum atomic E-state index is 13.8. The number of hydrogen-bond donors (Lipinski definition) is 1. The molecule has 1 unspecified atom stereocenters. The first-order valence-corrected chi connectivity index (χ1v) is 7.06. The number of halogens is 3. The molecule has 5 heteroatoms. The van der Waals surface area contributed by atoms with E-state index in [0.717, 1.165) is 10.4 Å². The highest BCUT2D eigenvalue weighted by Crippen LogP contribution is 2.33. The Morgan fingerprint density at radius 1 is 1.39 bits per heavy atom. The molecule has 2 aromatic rings. The summed E-state index contributed by atoms with van der Waals surface area (Å²) < 4.78 is 13.8. The van der Waals surface area contributed by atoms with Crippen LogP contribution in [0.15, 0.2) is 23.6 Å². The van der Waals surface area contributed by atoms with Crippen molar-refractivity contribution in [3.05, 3.63) is 55.4 Å². The van der Waals surface area contributed by atoms with E-state index in [4.69, 9.17) is 28.9 Å². The SMILES string of the molecule is Cc1csc(C(N)Cc2cccc(Cl)c2F)c1Cl. The van der Waals surface area contributed by atoms with Gasteiger partial charge in [-0.2, -0.15) is 0 Å². The van der Waals surface area contributed by atoms with Gasteiger partial charge in [-0.3, -0.25) is 0 Å². The molecule has 1 heterocycles. The summed E-state index contributed by atoms with van der Waals surface area (Å²) >= 11 is 13.4. The van der Waals surface area contributed by atoms with E-state index in [1.54, 1.807) is 12.1 Å². The Balaban J connectivity index is 2.24. The van der Waals surface area contributed by atoms with Gasteiger partial charge in [-0.25, -0.2) is 4.39 Å². The van der Waals surface area contributed by atoms with E-state index in [1.807, 2.05) is 12.3 Å². The predicted octanol–water partition coefficient (Wildman–Crippen LogP) is 4.74. The van der Waals surface area contributed by atoms with Gasteiger partial charge in [0.05, 0.1) is 10.0 Å². The second kappa shape index (κ2) is 5.57. The number of rotatable bonds is 3. The molecule has 0 bridgehead atoms. The van der Waals surface area contributed by atoms with Crippen LogP contribution < -0.4 is 5.73 Å². The molecule has 0 spiro atoms. The fourth-order valence-electron chi connectivity index (χ4n) is 1.74. The zero-order valence-corrected chi connectivity index (χ0v) is 12.0. The van der Waals surface area contributed by atoms with E-state index in [-0.39, 0.29) is 11.1 Å². The van der Waals surface area contributed by atoms with Gasteiger partial charge in [0.1, 0.15) is 5.82 Å². The zero-order valence-electron chi connectivity index (χ0n) is 9.71. The van der Waals surface area contributed by atoms with Crippen molar-refractivity contribution in [2.24, 2.45) is 5.73 Å². The van der Waals surface area contributed by atoms with Crippen LogP contribution in [-0.2, 0) is 6.42 Å². The molecular formula is C13H12Cl2FNS. The number of hydrogen-bond acceptors (Lipinski definition) is 2. The van der Waals surface area contributed by atoms with Gasteiger partial charge in [-0.15, -0.1) is 11.3 Å². The molecule has 0 aliphatic rings. The summed E-state index contributed by atoms with van der Waals surface area (Å²) in [7, 11) is 0. The highest BCUT2D eigenvalue weighted by Gasteiger charge is 2.17. The zero-order chi connectivity index (χ0) is 13.3. The van der Waals surface area contributed by atoms with Crippen LogP contribution >= 0.6 is 34.5 Å². The van der Waals surface area contributed by atoms with Crippen molar-refractivity contribution in [2.45, 2.75) is 19.4 Å². The monoisotopic (exact) mass is 303 g/mol. The normalized spacial score (nSPS) is 12.7. The maximum Gasteiger partial charge on any atom is 0.145 e. The molecule has 1 aromatic heterocycles. The highest BCUT2D eigenvalue weighted by molar-refractivity contribution is 7.10. The number of nitrogens with two attached hydrogens (primary N) is 1. The quantitative estimate of drug-likeness (QED) is 0.870. The molecule has 0 saturated carbocycles. The van der Waals surface area contributed by atoms with E-state index < -0.39 is 5.82 Å². The molecule has 0 fully saturated rings. The summed E-state index contributed by atoms with van der Waals surface area (Å²) in [6, 6.07) is 4.61. The minimum absolute atomic E-state index is 0.119. The second-order valence-electron chi connectivity index (χ2n) is 4.12. The number of thiophene rings is 1. The molecule has 0 radical (unpaired) electrons. The van der Waals surface area contributed by atoms with Crippen LogP contribution in [0.4, 0.5) is 4.39 Å². The van der Waals surface area contributed by atoms with Crippen LogP contribution in [0.3, 0.4) is 0 Å². The lowest BCUT2D eigenvalue weighted by atomic mass is 10.0. The molecular weight excluding hydrogens is 292 g/mol. The largest absolute Gasteiger partial charge is 0.323 e. The Labute approximate surface area is 119 Å². The van der Waals surface area contributed by atoms with Crippen LogP contribution in [0, 0.1) is 12.7 Å². The van der Waals surface area contributed by atoms with Gasteiger partial charge in [0.2, 0.25) is 0 Å². The number of aryl methyl sites for hydroxylation is 1. The van der Waals surface area contributed by atoms with Crippen molar-refractivity contribution in [1.29, 1.82) is 0 Å². The minimum Gasteiger partial charge on any atom is -0.323 e. The van der Waals surface area contributed by atoms with Crippen molar-refractivity contribution in [3.8, 4) is 0 Å². The van der Waals surface area contributed by atoms with Gasteiger partial charge in [-0.05, 0) is 35.9 Å². The topological polar surface area (TPSA) is 26.0 Å². The Kier molecular flexibility index (Phi) is 4.28. The fraction of sp³-hybridized carbons (Fsp3) is 0.231. The van der Waals surface area contributed by atoms with Gasteiger partial charge in [0.15, 0.2) is 0 Å². The predicted molar refractivity (Wildman–Crippen MR) is 76.1 cm³/mol. The van der Waals surface area contributed by atoms with Gasteiger partial charge >= 0.3 is 0 Å². The highest BCUT2D eigenvalue weighted by atomic mass is 35.5. The smallest absolute Gasteiger partial charge is 0.145 e. The number of benzene rings is 1. The van der Waals surface area contributed by atoms with Crippen LogP contribution in [0.2, 0.25) is 10.0 Å². The minimum atomic E-state index is -0.404.